The number of nitrogen functional groups attached to an aromatic ring is 1. The topological polar surface area (TPSA) is 68.0 Å². The normalized spacial score (nSPS) is 11.0. The number of nitrogens with one attached hydrogen (secondary N) is 1. The molecule has 2 aromatic heterocycles. The minimum atomic E-state index is -0.142. The molecule has 0 spiro atoms. The summed E-state index contributed by atoms with van der Waals surface area (Å²) in [6, 6.07) is 12.1. The number of aromatic nitrogens is 1. The molecule has 2 heterocycles. The number of hydrogen-bond acceptors (Lipinski definition) is 4. The van der Waals surface area contributed by atoms with E-state index in [0.29, 0.717) is 17.1 Å². The molecule has 25 heavy (non-hydrogen) atoms. The second-order valence-corrected chi connectivity index (χ2v) is 7.27. The van der Waals surface area contributed by atoms with Crippen LogP contribution >= 0.6 is 11.3 Å². The molecule has 3 N–H and O–H groups in total. The molecule has 0 bridgehead atoms. The molecule has 0 radical (unpaired) electrons. The monoisotopic (exact) mass is 353 g/mol. The van der Waals surface area contributed by atoms with E-state index in [2.05, 4.69) is 17.2 Å². The summed E-state index contributed by atoms with van der Waals surface area (Å²) >= 11 is 1.37. The summed E-state index contributed by atoms with van der Waals surface area (Å²) in [6.45, 7) is 4.70. The lowest BCUT2D eigenvalue weighted by atomic mass is 10.1. The highest BCUT2D eigenvalue weighted by Gasteiger charge is 2.17. The van der Waals surface area contributed by atoms with Gasteiger partial charge in [-0.25, -0.2) is 4.98 Å². The van der Waals surface area contributed by atoms with Crippen molar-refractivity contribution in [3.05, 3.63) is 58.1 Å². The second kappa shape index (κ2) is 7.66. The molecule has 0 aliphatic heterocycles. The number of nitrogens with two attached hydrogens (primary N) is 1. The van der Waals surface area contributed by atoms with Crippen LogP contribution in [0.1, 0.15) is 46.3 Å². The number of aryl methyl sites for hydroxylation is 2. The summed E-state index contributed by atoms with van der Waals surface area (Å²) in [4.78, 5) is 18.6. The molecule has 1 amide bonds. The molecule has 1 aromatic carbocycles. The number of carbonyl (C=O) groups is 1. The standard InChI is InChI=1S/C20H23N3OS/c1-3-4-5-15-10-11-16-17(21)18(25-20(16)23-15)19(24)22-12-14-8-6-13(2)7-9-14/h6-11H,3-5,12,21H2,1-2H3,(H,22,24). The van der Waals surface area contributed by atoms with Crippen LogP contribution in [0, 0.1) is 6.92 Å². The first-order chi connectivity index (χ1) is 12.1. The zero-order chi connectivity index (χ0) is 17.8. The fourth-order valence-corrected chi connectivity index (χ4v) is 3.70. The number of rotatable bonds is 6. The molecule has 0 saturated heterocycles. The van der Waals surface area contributed by atoms with Crippen molar-refractivity contribution >= 4 is 33.1 Å². The second-order valence-electron chi connectivity index (χ2n) is 6.27. The molecule has 3 rings (SSSR count). The van der Waals surface area contributed by atoms with Crippen LogP contribution in [0.4, 0.5) is 5.69 Å². The van der Waals surface area contributed by atoms with E-state index in [0.717, 1.165) is 40.7 Å². The van der Waals surface area contributed by atoms with E-state index >= 15 is 0 Å². The van der Waals surface area contributed by atoms with Crippen molar-refractivity contribution < 1.29 is 4.79 Å². The van der Waals surface area contributed by atoms with Crippen LogP contribution in [0.15, 0.2) is 36.4 Å². The van der Waals surface area contributed by atoms with Gasteiger partial charge in [0.1, 0.15) is 9.71 Å². The van der Waals surface area contributed by atoms with E-state index < -0.39 is 0 Å². The molecule has 0 atom stereocenters. The van der Waals surface area contributed by atoms with E-state index in [9.17, 15) is 4.79 Å². The molecule has 0 aliphatic carbocycles. The van der Waals surface area contributed by atoms with E-state index in [1.165, 1.54) is 16.9 Å². The number of unbranched alkanes of at least 4 members (excludes halogenated alkanes) is 1. The van der Waals surface area contributed by atoms with Crippen molar-refractivity contribution in [1.82, 2.24) is 10.3 Å². The highest BCUT2D eigenvalue weighted by Crippen LogP contribution is 2.32. The summed E-state index contributed by atoms with van der Waals surface area (Å²) < 4.78 is 0. The highest BCUT2D eigenvalue weighted by atomic mass is 32.1. The van der Waals surface area contributed by atoms with Crippen LogP contribution < -0.4 is 11.1 Å². The van der Waals surface area contributed by atoms with Gasteiger partial charge in [-0.2, -0.15) is 0 Å². The Bertz CT molecular complexity index is 884. The number of thiophene rings is 1. The average molecular weight is 353 g/mol. The molecule has 0 fully saturated rings. The maximum atomic E-state index is 12.5. The fourth-order valence-electron chi connectivity index (χ4n) is 2.67. The minimum Gasteiger partial charge on any atom is -0.397 e. The maximum absolute atomic E-state index is 12.5. The van der Waals surface area contributed by atoms with Gasteiger partial charge < -0.3 is 11.1 Å². The number of fused-ring (bicyclic) bond motifs is 1. The Kier molecular flexibility index (Phi) is 5.34. The van der Waals surface area contributed by atoms with Gasteiger partial charge in [-0.1, -0.05) is 43.2 Å². The third-order valence-electron chi connectivity index (χ3n) is 4.22. The third-order valence-corrected chi connectivity index (χ3v) is 5.33. The average Bonchev–Trinajstić information content (AvgIpc) is 2.95. The summed E-state index contributed by atoms with van der Waals surface area (Å²) in [5.74, 6) is -0.142. The lowest BCUT2D eigenvalue weighted by Crippen LogP contribution is -2.22. The SMILES string of the molecule is CCCCc1ccc2c(N)c(C(=O)NCc3ccc(C)cc3)sc2n1. The van der Waals surface area contributed by atoms with Crippen molar-refractivity contribution in [2.24, 2.45) is 0 Å². The summed E-state index contributed by atoms with van der Waals surface area (Å²) in [5.41, 5.74) is 10.0. The highest BCUT2D eigenvalue weighted by molar-refractivity contribution is 7.21. The Morgan fingerprint density at radius 2 is 1.96 bits per heavy atom. The van der Waals surface area contributed by atoms with Gasteiger partial charge in [-0.05, 0) is 37.5 Å². The molecule has 0 unspecified atom stereocenters. The van der Waals surface area contributed by atoms with Crippen LogP contribution in [0.25, 0.3) is 10.2 Å². The van der Waals surface area contributed by atoms with Crippen molar-refractivity contribution in [2.45, 2.75) is 39.7 Å². The first-order valence-electron chi connectivity index (χ1n) is 8.60. The molecule has 5 heteroatoms. The fraction of sp³-hybridized carbons (Fsp3) is 0.300. The van der Waals surface area contributed by atoms with Crippen LogP contribution in [-0.2, 0) is 13.0 Å². The van der Waals surface area contributed by atoms with Crippen molar-refractivity contribution in [1.29, 1.82) is 0 Å². The van der Waals surface area contributed by atoms with Gasteiger partial charge in [-0.15, -0.1) is 11.3 Å². The number of amides is 1. The summed E-state index contributed by atoms with van der Waals surface area (Å²) in [5, 5.41) is 3.82. The lowest BCUT2D eigenvalue weighted by Gasteiger charge is -2.05. The van der Waals surface area contributed by atoms with E-state index in [1.54, 1.807) is 0 Å². The van der Waals surface area contributed by atoms with Crippen molar-refractivity contribution in [3.8, 4) is 0 Å². The van der Waals surface area contributed by atoms with Gasteiger partial charge in [-0.3, -0.25) is 4.79 Å². The van der Waals surface area contributed by atoms with Crippen molar-refractivity contribution in [3.63, 3.8) is 0 Å². The van der Waals surface area contributed by atoms with Crippen LogP contribution in [-0.4, -0.2) is 10.9 Å². The summed E-state index contributed by atoms with van der Waals surface area (Å²) in [7, 11) is 0. The number of nitrogens with zero attached hydrogens (tertiary/aromatic N) is 1. The Balaban J connectivity index is 1.76. The summed E-state index contributed by atoms with van der Waals surface area (Å²) in [6.07, 6.45) is 3.21. The Hall–Kier alpha value is -2.40. The predicted octanol–water partition coefficient (Wildman–Crippen LogP) is 4.46. The van der Waals surface area contributed by atoms with E-state index in [-0.39, 0.29) is 5.91 Å². The molecule has 0 aliphatic rings. The van der Waals surface area contributed by atoms with Gasteiger partial charge >= 0.3 is 0 Å². The maximum Gasteiger partial charge on any atom is 0.263 e. The van der Waals surface area contributed by atoms with E-state index in [1.807, 2.05) is 43.3 Å². The number of benzene rings is 1. The Morgan fingerprint density at radius 3 is 2.68 bits per heavy atom. The van der Waals surface area contributed by atoms with Gasteiger partial charge in [0.05, 0.1) is 5.69 Å². The van der Waals surface area contributed by atoms with Gasteiger partial charge in [0.15, 0.2) is 0 Å². The van der Waals surface area contributed by atoms with Crippen molar-refractivity contribution in [2.75, 3.05) is 5.73 Å². The number of anilines is 1. The van der Waals surface area contributed by atoms with E-state index in [4.69, 9.17) is 5.73 Å². The Labute approximate surface area is 152 Å². The van der Waals surface area contributed by atoms with Gasteiger partial charge in [0.2, 0.25) is 0 Å². The molecule has 4 nitrogen and oxygen atoms in total. The zero-order valence-electron chi connectivity index (χ0n) is 14.6. The molecule has 3 aromatic rings. The number of hydrogen-bond donors (Lipinski definition) is 2. The third kappa shape index (κ3) is 3.99. The predicted molar refractivity (Wildman–Crippen MR) is 105 cm³/mol. The molecular weight excluding hydrogens is 330 g/mol. The van der Waals surface area contributed by atoms with Crippen LogP contribution in [0.2, 0.25) is 0 Å². The molecular formula is C20H23N3OS. The minimum absolute atomic E-state index is 0.142. The quantitative estimate of drug-likeness (QED) is 0.687. The lowest BCUT2D eigenvalue weighted by molar-refractivity contribution is 0.0956. The first-order valence-corrected chi connectivity index (χ1v) is 9.41. The first kappa shape index (κ1) is 17.4. The molecule has 130 valence electrons. The zero-order valence-corrected chi connectivity index (χ0v) is 15.5. The van der Waals surface area contributed by atoms with Gasteiger partial charge in [0.25, 0.3) is 5.91 Å². The largest absolute Gasteiger partial charge is 0.397 e. The Morgan fingerprint density at radius 1 is 1.20 bits per heavy atom. The molecule has 0 saturated carbocycles. The number of pyridine rings is 1. The van der Waals surface area contributed by atoms with Crippen LogP contribution in [0.5, 0.6) is 0 Å². The van der Waals surface area contributed by atoms with Crippen LogP contribution in [0.3, 0.4) is 0 Å². The smallest absolute Gasteiger partial charge is 0.263 e. The number of carbonyl (C=O) groups excluding carboxylic acids is 1. The van der Waals surface area contributed by atoms with Gasteiger partial charge in [0, 0.05) is 17.6 Å².